The summed E-state index contributed by atoms with van der Waals surface area (Å²) in [6.07, 6.45) is 8.63. The number of rotatable bonds is 15. The summed E-state index contributed by atoms with van der Waals surface area (Å²) in [4.78, 5) is 40.9. The number of hydrogen-bond donors (Lipinski definition) is 4. The Morgan fingerprint density at radius 3 is 2.45 bits per heavy atom. The molecule has 1 saturated heterocycles. The zero-order valence-electron chi connectivity index (χ0n) is 26.3. The van der Waals surface area contributed by atoms with Crippen LogP contribution in [0.2, 0.25) is 0 Å². The van der Waals surface area contributed by atoms with Gasteiger partial charge in [-0.15, -0.1) is 0 Å². The molecule has 3 amide bonds. The number of nitrogens with one attached hydrogen (secondary N) is 4. The zero-order chi connectivity index (χ0) is 31.4. The predicted molar refractivity (Wildman–Crippen MR) is 168 cm³/mol. The van der Waals surface area contributed by atoms with Crippen LogP contribution in [0.1, 0.15) is 65.0 Å². The third-order valence-electron chi connectivity index (χ3n) is 7.57. The molecule has 0 aromatic heterocycles. The van der Waals surface area contributed by atoms with Gasteiger partial charge in [-0.3, -0.25) is 19.9 Å². The molecular formula is C33H49N5O4. The summed E-state index contributed by atoms with van der Waals surface area (Å²) in [5, 5.41) is 17.6. The lowest BCUT2D eigenvalue weighted by molar-refractivity contribution is -0.130. The summed E-state index contributed by atoms with van der Waals surface area (Å²) >= 11 is 0. The summed E-state index contributed by atoms with van der Waals surface area (Å²) in [6, 6.07) is 6.74. The Balaban J connectivity index is 2.16. The summed E-state index contributed by atoms with van der Waals surface area (Å²) in [7, 11) is 1.27. The van der Waals surface area contributed by atoms with Crippen LogP contribution in [0.3, 0.4) is 0 Å². The van der Waals surface area contributed by atoms with E-state index in [2.05, 4.69) is 36.4 Å². The first-order valence-electron chi connectivity index (χ1n) is 14.7. The molecule has 0 unspecified atom stereocenters. The SMILES string of the molecule is C=C/C=C(\C=C/C)[C@@]1(CC(C)C)NC(=N)N(CCC[C@@H](NC(=O)[C@H](Cc2ccccc2C)NC(=O)OC)C(C)C)C1=O. The second-order valence-corrected chi connectivity index (χ2v) is 11.6. The van der Waals surface area contributed by atoms with Gasteiger partial charge >= 0.3 is 6.09 Å². The van der Waals surface area contributed by atoms with Crippen LogP contribution in [0.25, 0.3) is 0 Å². The second kappa shape index (κ2) is 15.9. The lowest BCUT2D eigenvalue weighted by Crippen LogP contribution is -2.52. The van der Waals surface area contributed by atoms with Gasteiger partial charge in [0.1, 0.15) is 11.6 Å². The Hall–Kier alpha value is -3.88. The molecule has 0 aliphatic carbocycles. The number of methoxy groups -OCH3 is 1. The fourth-order valence-corrected chi connectivity index (χ4v) is 5.37. The van der Waals surface area contributed by atoms with Crippen LogP contribution in [-0.2, 0) is 20.7 Å². The molecule has 9 nitrogen and oxygen atoms in total. The third-order valence-corrected chi connectivity index (χ3v) is 7.57. The van der Waals surface area contributed by atoms with E-state index < -0.39 is 17.7 Å². The topological polar surface area (TPSA) is 124 Å². The van der Waals surface area contributed by atoms with Gasteiger partial charge in [-0.05, 0) is 61.6 Å². The Bertz CT molecular complexity index is 1190. The summed E-state index contributed by atoms with van der Waals surface area (Å²) in [6.45, 7) is 16.2. The minimum absolute atomic E-state index is 0.0748. The highest BCUT2D eigenvalue weighted by atomic mass is 16.5. The average Bonchev–Trinajstić information content (AvgIpc) is 3.16. The fourth-order valence-electron chi connectivity index (χ4n) is 5.37. The number of carbonyl (C=O) groups is 3. The van der Waals surface area contributed by atoms with Crippen molar-refractivity contribution in [2.75, 3.05) is 13.7 Å². The first-order valence-corrected chi connectivity index (χ1v) is 14.7. The Morgan fingerprint density at radius 2 is 1.88 bits per heavy atom. The summed E-state index contributed by atoms with van der Waals surface area (Å²) < 4.78 is 4.77. The van der Waals surface area contributed by atoms with Crippen molar-refractivity contribution in [3.63, 3.8) is 0 Å². The lowest BCUT2D eigenvalue weighted by Gasteiger charge is -2.30. The largest absolute Gasteiger partial charge is 0.453 e. The second-order valence-electron chi connectivity index (χ2n) is 11.6. The summed E-state index contributed by atoms with van der Waals surface area (Å²) in [5.41, 5.74) is 1.74. The molecule has 1 heterocycles. The number of carbonyl (C=O) groups excluding carboxylic acids is 3. The maximum Gasteiger partial charge on any atom is 0.407 e. The quantitative estimate of drug-likeness (QED) is 0.217. The number of nitrogens with zero attached hydrogens (tertiary/aromatic N) is 1. The van der Waals surface area contributed by atoms with Crippen LogP contribution < -0.4 is 16.0 Å². The van der Waals surface area contributed by atoms with Crippen molar-refractivity contribution >= 4 is 23.9 Å². The first kappa shape index (κ1) is 34.3. The highest BCUT2D eigenvalue weighted by Gasteiger charge is 2.51. The van der Waals surface area contributed by atoms with Crippen LogP contribution in [-0.4, -0.2) is 60.0 Å². The van der Waals surface area contributed by atoms with E-state index in [1.54, 1.807) is 6.08 Å². The number of allylic oxidation sites excluding steroid dienone is 3. The average molecular weight is 580 g/mol. The number of amides is 3. The highest BCUT2D eigenvalue weighted by molar-refractivity contribution is 6.10. The van der Waals surface area contributed by atoms with E-state index in [1.165, 1.54) is 12.0 Å². The molecule has 9 heteroatoms. The first-order chi connectivity index (χ1) is 19.9. The van der Waals surface area contributed by atoms with Crippen molar-refractivity contribution in [3.05, 3.63) is 71.8 Å². The van der Waals surface area contributed by atoms with Crippen LogP contribution in [0.4, 0.5) is 4.79 Å². The standard InChI is InChI=1S/C33H49N5O4/c1-9-14-26(15-10-2)33(21-22(3)4)30(40)38(31(34)37-33)19-13-18-27(23(5)6)35-29(39)28(36-32(41)42-8)20-25-17-12-11-16-24(25)7/h9-12,14-17,22-23,27-28H,1,13,18-21H2,2-8H3,(H2,34,37)(H,35,39)(H,36,41)/b15-10-,26-14+/t27-,28+,33-/m1/s1. The predicted octanol–water partition coefficient (Wildman–Crippen LogP) is 5.02. The summed E-state index contributed by atoms with van der Waals surface area (Å²) in [5.74, 6) is -0.0613. The molecule has 4 N–H and O–H groups in total. The monoisotopic (exact) mass is 579 g/mol. The molecule has 3 atom stereocenters. The molecule has 1 aromatic carbocycles. The van der Waals surface area contributed by atoms with Crippen molar-refractivity contribution in [1.29, 1.82) is 5.41 Å². The normalized spacial score (nSPS) is 18.8. The fraction of sp³-hybridized carbons (Fsp3) is 0.515. The van der Waals surface area contributed by atoms with Gasteiger partial charge in [0.05, 0.1) is 7.11 Å². The maximum absolute atomic E-state index is 13.9. The number of alkyl carbamates (subject to hydrolysis) is 1. The number of aryl methyl sites for hydroxylation is 1. The molecule has 1 fully saturated rings. The van der Waals surface area contributed by atoms with Gasteiger partial charge in [0.15, 0.2) is 5.96 Å². The van der Waals surface area contributed by atoms with Gasteiger partial charge < -0.3 is 20.7 Å². The minimum atomic E-state index is -1.03. The van der Waals surface area contributed by atoms with Gasteiger partial charge in [0.25, 0.3) is 5.91 Å². The molecule has 0 spiro atoms. The van der Waals surface area contributed by atoms with Crippen molar-refractivity contribution in [2.24, 2.45) is 11.8 Å². The van der Waals surface area contributed by atoms with Crippen LogP contribution in [0, 0.1) is 24.2 Å². The Kier molecular flexibility index (Phi) is 13.0. The van der Waals surface area contributed by atoms with Gasteiger partial charge in [0, 0.05) is 19.0 Å². The minimum Gasteiger partial charge on any atom is -0.453 e. The smallest absolute Gasteiger partial charge is 0.407 e. The van der Waals surface area contributed by atoms with E-state index in [0.29, 0.717) is 32.2 Å². The number of benzene rings is 1. The van der Waals surface area contributed by atoms with Gasteiger partial charge in [-0.25, -0.2) is 4.79 Å². The zero-order valence-corrected chi connectivity index (χ0v) is 26.3. The van der Waals surface area contributed by atoms with E-state index >= 15 is 0 Å². The highest BCUT2D eigenvalue weighted by Crippen LogP contribution is 2.33. The molecule has 2 rings (SSSR count). The number of ether oxygens (including phenoxy) is 1. The van der Waals surface area contributed by atoms with Crippen LogP contribution >= 0.6 is 0 Å². The molecular weight excluding hydrogens is 530 g/mol. The molecule has 1 aromatic rings. The van der Waals surface area contributed by atoms with Crippen LogP contribution in [0.5, 0.6) is 0 Å². The molecule has 0 bridgehead atoms. The third kappa shape index (κ3) is 8.81. The molecule has 42 heavy (non-hydrogen) atoms. The van der Waals surface area contributed by atoms with Gasteiger partial charge in [-0.2, -0.15) is 0 Å². The van der Waals surface area contributed by atoms with Gasteiger partial charge in [-0.1, -0.05) is 82.8 Å². The van der Waals surface area contributed by atoms with Crippen LogP contribution in [0.15, 0.2) is 60.7 Å². The van der Waals surface area contributed by atoms with Gasteiger partial charge in [0.2, 0.25) is 5.91 Å². The van der Waals surface area contributed by atoms with E-state index in [1.807, 2.05) is 70.2 Å². The Morgan fingerprint density at radius 1 is 1.19 bits per heavy atom. The maximum atomic E-state index is 13.9. The molecule has 0 saturated carbocycles. The molecule has 230 valence electrons. The number of guanidine groups is 1. The van der Waals surface area contributed by atoms with E-state index in [4.69, 9.17) is 10.1 Å². The van der Waals surface area contributed by atoms with E-state index in [0.717, 1.165) is 16.7 Å². The Labute approximate surface area is 251 Å². The lowest BCUT2D eigenvalue weighted by atomic mass is 9.81. The van der Waals surface area contributed by atoms with E-state index in [9.17, 15) is 14.4 Å². The molecule has 1 aliphatic rings. The van der Waals surface area contributed by atoms with Crippen molar-refractivity contribution < 1.29 is 19.1 Å². The number of hydrogen-bond acceptors (Lipinski definition) is 5. The van der Waals surface area contributed by atoms with Crippen molar-refractivity contribution in [1.82, 2.24) is 20.9 Å². The molecule has 1 aliphatic heterocycles. The van der Waals surface area contributed by atoms with E-state index in [-0.39, 0.29) is 35.7 Å². The molecule has 0 radical (unpaired) electrons. The van der Waals surface area contributed by atoms with Crippen molar-refractivity contribution in [3.8, 4) is 0 Å². The van der Waals surface area contributed by atoms with Crippen molar-refractivity contribution in [2.45, 2.75) is 84.8 Å².